The second-order valence-corrected chi connectivity index (χ2v) is 4.26. The fourth-order valence-electron chi connectivity index (χ4n) is 2.08. The first-order chi connectivity index (χ1) is 7.33. The number of hydrogen-bond acceptors (Lipinski definition) is 3. The molecule has 1 aromatic rings. The third-order valence-corrected chi connectivity index (χ3v) is 3.01. The molecule has 0 fully saturated rings. The molecule has 0 saturated carbocycles. The van der Waals surface area contributed by atoms with Gasteiger partial charge in [0.2, 0.25) is 0 Å². The zero-order valence-electron chi connectivity index (χ0n) is 9.66. The van der Waals surface area contributed by atoms with Crippen molar-refractivity contribution in [3.05, 3.63) is 11.6 Å². The van der Waals surface area contributed by atoms with Gasteiger partial charge in [-0.25, -0.2) is 0 Å². The molecule has 0 aromatic carbocycles. The second kappa shape index (κ2) is 4.75. The Hall–Kier alpha value is -0.900. The van der Waals surface area contributed by atoms with Gasteiger partial charge in [0.25, 0.3) is 0 Å². The van der Waals surface area contributed by atoms with Crippen molar-refractivity contribution in [2.45, 2.75) is 52.1 Å². The minimum atomic E-state index is 0.330. The van der Waals surface area contributed by atoms with E-state index in [1.165, 1.54) is 19.3 Å². The van der Waals surface area contributed by atoms with Gasteiger partial charge in [-0.3, -0.25) is 0 Å². The summed E-state index contributed by atoms with van der Waals surface area (Å²) < 4.78 is 2.27. The molecule has 2 heterocycles. The van der Waals surface area contributed by atoms with Crippen LogP contribution in [-0.4, -0.2) is 21.3 Å². The van der Waals surface area contributed by atoms with E-state index in [1.54, 1.807) is 0 Å². The third-order valence-electron chi connectivity index (χ3n) is 3.01. The first-order valence-corrected chi connectivity index (χ1v) is 5.98. The summed E-state index contributed by atoms with van der Waals surface area (Å²) >= 11 is 0. The Kier molecular flexibility index (Phi) is 3.36. The van der Waals surface area contributed by atoms with Gasteiger partial charge < -0.3 is 9.88 Å². The molecule has 1 N–H and O–H groups in total. The highest BCUT2D eigenvalue weighted by molar-refractivity contribution is 5.03. The summed E-state index contributed by atoms with van der Waals surface area (Å²) in [5.74, 6) is 2.27. The molecule has 1 aliphatic heterocycles. The van der Waals surface area contributed by atoms with E-state index in [-0.39, 0.29) is 0 Å². The van der Waals surface area contributed by atoms with Gasteiger partial charge in [0.15, 0.2) is 0 Å². The van der Waals surface area contributed by atoms with Crippen LogP contribution in [0.2, 0.25) is 0 Å². The molecule has 0 aliphatic carbocycles. The van der Waals surface area contributed by atoms with Gasteiger partial charge >= 0.3 is 0 Å². The van der Waals surface area contributed by atoms with Gasteiger partial charge in [0.05, 0.1) is 6.04 Å². The van der Waals surface area contributed by atoms with Crippen molar-refractivity contribution in [3.63, 3.8) is 0 Å². The average Bonchev–Trinajstić information content (AvgIpc) is 2.78. The van der Waals surface area contributed by atoms with Crippen LogP contribution in [0.15, 0.2) is 0 Å². The van der Waals surface area contributed by atoms with Crippen LogP contribution in [0.1, 0.15) is 50.8 Å². The van der Waals surface area contributed by atoms with Crippen LogP contribution in [0.25, 0.3) is 0 Å². The highest BCUT2D eigenvalue weighted by Crippen LogP contribution is 2.18. The van der Waals surface area contributed by atoms with Gasteiger partial charge in [0.1, 0.15) is 11.6 Å². The number of fused-ring (bicyclic) bond motifs is 1. The lowest BCUT2D eigenvalue weighted by atomic mass is 10.3. The van der Waals surface area contributed by atoms with Crippen molar-refractivity contribution in [2.24, 2.45) is 0 Å². The van der Waals surface area contributed by atoms with Gasteiger partial charge in [-0.05, 0) is 26.3 Å². The molecule has 4 heteroatoms. The summed E-state index contributed by atoms with van der Waals surface area (Å²) in [5.41, 5.74) is 0. The predicted molar refractivity (Wildman–Crippen MR) is 59.7 cm³/mol. The number of hydrogen-bond donors (Lipinski definition) is 1. The van der Waals surface area contributed by atoms with E-state index in [9.17, 15) is 0 Å². The normalized spacial score (nSPS) is 16.7. The van der Waals surface area contributed by atoms with Crippen LogP contribution in [0.5, 0.6) is 0 Å². The lowest BCUT2D eigenvalue weighted by Gasteiger charge is -2.13. The van der Waals surface area contributed by atoms with E-state index in [1.807, 2.05) is 0 Å². The lowest BCUT2D eigenvalue weighted by Crippen LogP contribution is -2.22. The Labute approximate surface area is 91.1 Å². The quantitative estimate of drug-likeness (QED) is 0.749. The predicted octanol–water partition coefficient (Wildman–Crippen LogP) is 1.68. The molecule has 15 heavy (non-hydrogen) atoms. The van der Waals surface area contributed by atoms with E-state index in [0.717, 1.165) is 31.2 Å². The Morgan fingerprint density at radius 1 is 1.47 bits per heavy atom. The Morgan fingerprint density at radius 3 is 3.13 bits per heavy atom. The van der Waals surface area contributed by atoms with Crippen molar-refractivity contribution in [2.75, 3.05) is 6.54 Å². The Bertz CT molecular complexity index is 318. The lowest BCUT2D eigenvalue weighted by molar-refractivity contribution is 0.506. The Morgan fingerprint density at radius 2 is 2.33 bits per heavy atom. The van der Waals surface area contributed by atoms with Gasteiger partial charge in [-0.1, -0.05) is 13.3 Å². The van der Waals surface area contributed by atoms with Crippen molar-refractivity contribution in [1.29, 1.82) is 0 Å². The van der Waals surface area contributed by atoms with Crippen LogP contribution >= 0.6 is 0 Å². The van der Waals surface area contributed by atoms with Crippen molar-refractivity contribution in [1.82, 2.24) is 20.1 Å². The molecule has 1 aliphatic rings. The molecule has 1 unspecified atom stereocenters. The summed E-state index contributed by atoms with van der Waals surface area (Å²) in [5, 5.41) is 12.0. The third kappa shape index (κ3) is 2.20. The minimum Gasteiger partial charge on any atom is -0.314 e. The molecule has 1 atom stereocenters. The molecule has 0 radical (unpaired) electrons. The molecule has 84 valence electrons. The molecule has 1 aromatic heterocycles. The number of nitrogens with zero attached hydrogens (tertiary/aromatic N) is 3. The van der Waals surface area contributed by atoms with E-state index in [0.29, 0.717) is 6.04 Å². The number of aromatic nitrogens is 3. The van der Waals surface area contributed by atoms with E-state index in [4.69, 9.17) is 0 Å². The Balaban J connectivity index is 1.96. The van der Waals surface area contributed by atoms with Gasteiger partial charge in [-0.15, -0.1) is 10.2 Å². The number of nitrogens with one attached hydrogen (secondary N) is 1. The number of rotatable bonds is 5. The topological polar surface area (TPSA) is 42.7 Å². The molecular weight excluding hydrogens is 188 g/mol. The second-order valence-electron chi connectivity index (χ2n) is 4.26. The molecule has 2 rings (SSSR count). The number of aryl methyl sites for hydroxylation is 1. The molecule has 4 nitrogen and oxygen atoms in total. The van der Waals surface area contributed by atoms with Crippen LogP contribution < -0.4 is 5.32 Å². The zero-order chi connectivity index (χ0) is 10.7. The maximum absolute atomic E-state index is 4.27. The first kappa shape index (κ1) is 10.6. The van der Waals surface area contributed by atoms with Crippen molar-refractivity contribution < 1.29 is 0 Å². The summed E-state index contributed by atoms with van der Waals surface area (Å²) in [6.45, 7) is 6.55. The summed E-state index contributed by atoms with van der Waals surface area (Å²) in [7, 11) is 0. The summed E-state index contributed by atoms with van der Waals surface area (Å²) in [4.78, 5) is 0. The maximum Gasteiger partial charge on any atom is 0.149 e. The monoisotopic (exact) mass is 208 g/mol. The molecule has 0 saturated heterocycles. The smallest absolute Gasteiger partial charge is 0.149 e. The minimum absolute atomic E-state index is 0.330. The average molecular weight is 208 g/mol. The molecule has 0 spiro atoms. The maximum atomic E-state index is 4.27. The largest absolute Gasteiger partial charge is 0.314 e. The molecule has 0 bridgehead atoms. The van der Waals surface area contributed by atoms with Crippen LogP contribution in [-0.2, 0) is 13.0 Å². The first-order valence-electron chi connectivity index (χ1n) is 5.98. The van der Waals surface area contributed by atoms with Crippen LogP contribution in [0.4, 0.5) is 0 Å². The highest BCUT2D eigenvalue weighted by Gasteiger charge is 2.20. The summed E-state index contributed by atoms with van der Waals surface area (Å²) in [6.07, 6.45) is 4.78. The van der Waals surface area contributed by atoms with E-state index >= 15 is 0 Å². The van der Waals surface area contributed by atoms with E-state index < -0.39 is 0 Å². The van der Waals surface area contributed by atoms with Crippen molar-refractivity contribution in [3.8, 4) is 0 Å². The van der Waals surface area contributed by atoms with Crippen molar-refractivity contribution >= 4 is 0 Å². The fraction of sp³-hybridized carbons (Fsp3) is 0.818. The van der Waals surface area contributed by atoms with Gasteiger partial charge in [0, 0.05) is 13.0 Å². The SMILES string of the molecule is CCCCNC(C)c1nnc2n1CCC2. The summed E-state index contributed by atoms with van der Waals surface area (Å²) in [6, 6.07) is 0.330. The number of unbranched alkanes of at least 4 members (excludes halogenated alkanes) is 1. The van der Waals surface area contributed by atoms with Crippen LogP contribution in [0, 0.1) is 0 Å². The van der Waals surface area contributed by atoms with Crippen LogP contribution in [0.3, 0.4) is 0 Å². The molecular formula is C11H20N4. The molecule has 0 amide bonds. The standard InChI is InChI=1S/C11H20N4/c1-3-4-7-12-9(2)11-14-13-10-6-5-8-15(10)11/h9,12H,3-8H2,1-2H3. The van der Waals surface area contributed by atoms with Gasteiger partial charge in [-0.2, -0.15) is 0 Å². The highest BCUT2D eigenvalue weighted by atomic mass is 15.3. The zero-order valence-corrected chi connectivity index (χ0v) is 9.66. The fourth-order valence-corrected chi connectivity index (χ4v) is 2.08. The van der Waals surface area contributed by atoms with E-state index in [2.05, 4.69) is 33.9 Å².